The SMILES string of the molecule is O=C(NCc1cc(Cl)ccc1-n1cnnn1)C1CCON1C(=O)[C@H](O)C1CCCC1. The molecule has 2 heterocycles. The van der Waals surface area contributed by atoms with Gasteiger partial charge in [-0.15, -0.1) is 5.10 Å². The molecule has 4 rings (SSSR count). The van der Waals surface area contributed by atoms with E-state index in [-0.39, 0.29) is 25.0 Å². The number of hydrogen-bond donors (Lipinski definition) is 2. The highest BCUT2D eigenvalue weighted by Gasteiger charge is 2.41. The molecule has 2 aliphatic rings. The average molecular weight is 435 g/mol. The maximum absolute atomic E-state index is 12.8. The van der Waals surface area contributed by atoms with Crippen LogP contribution >= 0.6 is 11.6 Å². The van der Waals surface area contributed by atoms with Gasteiger partial charge < -0.3 is 10.4 Å². The van der Waals surface area contributed by atoms with E-state index in [1.165, 1.54) is 11.0 Å². The van der Waals surface area contributed by atoms with E-state index in [0.717, 1.165) is 30.7 Å². The molecule has 0 bridgehead atoms. The molecule has 2 aromatic rings. The minimum atomic E-state index is -1.14. The number of rotatable bonds is 6. The first-order chi connectivity index (χ1) is 14.5. The van der Waals surface area contributed by atoms with E-state index in [4.69, 9.17) is 16.4 Å². The van der Waals surface area contributed by atoms with Crippen LogP contribution in [0.1, 0.15) is 37.7 Å². The van der Waals surface area contributed by atoms with Gasteiger partial charge in [-0.2, -0.15) is 0 Å². The van der Waals surface area contributed by atoms with Gasteiger partial charge in [0.1, 0.15) is 18.5 Å². The fraction of sp³-hybridized carbons (Fsp3) is 0.526. The summed E-state index contributed by atoms with van der Waals surface area (Å²) in [6.07, 6.45) is 4.31. The Labute approximate surface area is 178 Å². The second-order valence-corrected chi connectivity index (χ2v) is 7.97. The van der Waals surface area contributed by atoms with Gasteiger partial charge in [0.05, 0.1) is 12.3 Å². The molecule has 1 aliphatic heterocycles. The maximum Gasteiger partial charge on any atom is 0.275 e. The lowest BCUT2D eigenvalue weighted by molar-refractivity contribution is -0.189. The second kappa shape index (κ2) is 9.07. The number of benzene rings is 1. The summed E-state index contributed by atoms with van der Waals surface area (Å²) in [6, 6.07) is 4.40. The molecule has 0 spiro atoms. The fourth-order valence-corrected chi connectivity index (χ4v) is 4.22. The molecule has 10 nitrogen and oxygen atoms in total. The summed E-state index contributed by atoms with van der Waals surface area (Å²) >= 11 is 6.11. The van der Waals surface area contributed by atoms with Crippen molar-refractivity contribution in [2.24, 2.45) is 5.92 Å². The van der Waals surface area contributed by atoms with Crippen LogP contribution in [0.15, 0.2) is 24.5 Å². The third-order valence-corrected chi connectivity index (χ3v) is 5.85. The van der Waals surface area contributed by atoms with E-state index < -0.39 is 18.1 Å². The van der Waals surface area contributed by atoms with Crippen LogP contribution in [0.3, 0.4) is 0 Å². The van der Waals surface area contributed by atoms with Crippen LogP contribution in [0.5, 0.6) is 0 Å². The van der Waals surface area contributed by atoms with Crippen molar-refractivity contribution in [3.05, 3.63) is 35.1 Å². The first-order valence-corrected chi connectivity index (χ1v) is 10.4. The number of amides is 2. The Morgan fingerprint density at radius 3 is 2.83 bits per heavy atom. The zero-order valence-corrected chi connectivity index (χ0v) is 17.0. The Balaban J connectivity index is 1.42. The van der Waals surface area contributed by atoms with Gasteiger partial charge in [0.15, 0.2) is 0 Å². The van der Waals surface area contributed by atoms with Crippen molar-refractivity contribution in [3.63, 3.8) is 0 Å². The van der Waals surface area contributed by atoms with Crippen LogP contribution < -0.4 is 5.32 Å². The van der Waals surface area contributed by atoms with Crippen LogP contribution in [0.2, 0.25) is 5.02 Å². The number of halogens is 1. The summed E-state index contributed by atoms with van der Waals surface area (Å²) in [5, 5.41) is 25.9. The average Bonchev–Trinajstić information content (AvgIpc) is 3.52. The molecule has 11 heteroatoms. The predicted octanol–water partition coefficient (Wildman–Crippen LogP) is 1.02. The van der Waals surface area contributed by atoms with Gasteiger partial charge in [0, 0.05) is 18.0 Å². The van der Waals surface area contributed by atoms with E-state index in [0.29, 0.717) is 22.7 Å². The maximum atomic E-state index is 12.8. The van der Waals surface area contributed by atoms with Gasteiger partial charge in [-0.05, 0) is 52.9 Å². The van der Waals surface area contributed by atoms with Crippen molar-refractivity contribution in [1.29, 1.82) is 0 Å². The molecule has 2 atom stereocenters. The van der Waals surface area contributed by atoms with Gasteiger partial charge in [0.2, 0.25) is 5.91 Å². The van der Waals surface area contributed by atoms with Crippen molar-refractivity contribution in [2.75, 3.05) is 6.61 Å². The van der Waals surface area contributed by atoms with Gasteiger partial charge in [-0.25, -0.2) is 9.75 Å². The lowest BCUT2D eigenvalue weighted by Gasteiger charge is -2.26. The second-order valence-electron chi connectivity index (χ2n) is 7.54. The normalized spacial score (nSPS) is 20.5. The smallest absolute Gasteiger partial charge is 0.275 e. The first kappa shape index (κ1) is 20.7. The Morgan fingerprint density at radius 2 is 2.10 bits per heavy atom. The highest BCUT2D eigenvalue weighted by atomic mass is 35.5. The highest BCUT2D eigenvalue weighted by molar-refractivity contribution is 6.30. The molecular formula is C19H23ClN6O4. The molecule has 1 aromatic heterocycles. The first-order valence-electron chi connectivity index (χ1n) is 9.98. The molecule has 30 heavy (non-hydrogen) atoms. The topological polar surface area (TPSA) is 122 Å². The zero-order chi connectivity index (χ0) is 21.1. The molecule has 1 saturated carbocycles. The molecule has 0 radical (unpaired) electrons. The number of nitrogens with zero attached hydrogens (tertiary/aromatic N) is 5. The monoisotopic (exact) mass is 434 g/mol. The minimum Gasteiger partial charge on any atom is -0.383 e. The number of aromatic nitrogens is 4. The van der Waals surface area contributed by atoms with Crippen LogP contribution in [0.25, 0.3) is 5.69 Å². The number of hydroxylamine groups is 2. The standard InChI is InChI=1S/C19H23ClN6O4/c20-14-5-6-15(25-11-22-23-24-25)13(9-14)10-21-18(28)16-7-8-30-26(16)19(29)17(27)12-3-1-2-4-12/h5-6,9,11-12,16-17,27H,1-4,7-8,10H2,(H,21,28)/t16?,17-/m1/s1. The quantitative estimate of drug-likeness (QED) is 0.695. The number of aliphatic hydroxyl groups excluding tert-OH is 1. The largest absolute Gasteiger partial charge is 0.383 e. The van der Waals surface area contributed by atoms with Crippen molar-refractivity contribution in [3.8, 4) is 5.69 Å². The number of aliphatic hydroxyl groups is 1. The summed E-state index contributed by atoms with van der Waals surface area (Å²) in [4.78, 5) is 30.9. The van der Waals surface area contributed by atoms with Gasteiger partial charge in [-0.3, -0.25) is 14.4 Å². The number of hydrogen-bond acceptors (Lipinski definition) is 7. The van der Waals surface area contributed by atoms with E-state index in [1.807, 2.05) is 0 Å². The summed E-state index contributed by atoms with van der Waals surface area (Å²) in [5.41, 5.74) is 1.39. The Morgan fingerprint density at radius 1 is 1.30 bits per heavy atom. The molecule has 1 aliphatic carbocycles. The van der Waals surface area contributed by atoms with Crippen LogP contribution in [0, 0.1) is 5.92 Å². The highest BCUT2D eigenvalue weighted by Crippen LogP contribution is 2.30. The van der Waals surface area contributed by atoms with E-state index in [1.54, 1.807) is 18.2 Å². The molecule has 2 amide bonds. The zero-order valence-electron chi connectivity index (χ0n) is 16.3. The lowest BCUT2D eigenvalue weighted by Crippen LogP contribution is -2.49. The molecule has 1 unspecified atom stereocenters. The van der Waals surface area contributed by atoms with E-state index in [2.05, 4.69) is 20.8 Å². The van der Waals surface area contributed by atoms with Crippen molar-refractivity contribution >= 4 is 23.4 Å². The molecule has 1 aromatic carbocycles. The van der Waals surface area contributed by atoms with Gasteiger partial charge in [0.25, 0.3) is 5.91 Å². The van der Waals surface area contributed by atoms with Crippen LogP contribution in [-0.4, -0.2) is 60.9 Å². The van der Waals surface area contributed by atoms with Gasteiger partial charge in [-0.1, -0.05) is 24.4 Å². The van der Waals surface area contributed by atoms with Gasteiger partial charge >= 0.3 is 0 Å². The molecule has 2 fully saturated rings. The number of nitrogens with one attached hydrogen (secondary N) is 1. The molecular weight excluding hydrogens is 412 g/mol. The number of carbonyl (C=O) groups excluding carboxylic acids is 2. The lowest BCUT2D eigenvalue weighted by atomic mass is 10.00. The third-order valence-electron chi connectivity index (χ3n) is 5.61. The summed E-state index contributed by atoms with van der Waals surface area (Å²) in [5.74, 6) is -0.977. The molecule has 2 N–H and O–H groups in total. The van der Waals surface area contributed by atoms with Crippen molar-refractivity contribution in [1.82, 2.24) is 30.6 Å². The summed E-state index contributed by atoms with van der Waals surface area (Å²) < 4.78 is 1.48. The Bertz CT molecular complexity index is 902. The Kier molecular flexibility index (Phi) is 6.26. The number of tetrazole rings is 1. The van der Waals surface area contributed by atoms with E-state index >= 15 is 0 Å². The predicted molar refractivity (Wildman–Crippen MR) is 105 cm³/mol. The third kappa shape index (κ3) is 4.30. The summed E-state index contributed by atoms with van der Waals surface area (Å²) in [7, 11) is 0. The summed E-state index contributed by atoms with van der Waals surface area (Å²) in [6.45, 7) is 0.409. The molecule has 160 valence electrons. The number of carbonyl (C=O) groups is 2. The van der Waals surface area contributed by atoms with Crippen molar-refractivity contribution in [2.45, 2.75) is 50.8 Å². The molecule has 1 saturated heterocycles. The van der Waals surface area contributed by atoms with Crippen LogP contribution in [0.4, 0.5) is 0 Å². The van der Waals surface area contributed by atoms with Crippen molar-refractivity contribution < 1.29 is 19.5 Å². The van der Waals surface area contributed by atoms with Crippen LogP contribution in [-0.2, 0) is 21.0 Å². The fourth-order valence-electron chi connectivity index (χ4n) is 4.02. The van der Waals surface area contributed by atoms with E-state index in [9.17, 15) is 14.7 Å². The minimum absolute atomic E-state index is 0.0734. The Hall–Kier alpha value is -2.56.